The number of carbonyl (C=O) groups is 2. The first-order chi connectivity index (χ1) is 14.4. The second kappa shape index (κ2) is 9.73. The quantitative estimate of drug-likeness (QED) is 0.501. The number of amides is 1. The summed E-state index contributed by atoms with van der Waals surface area (Å²) in [6, 6.07) is 12.5. The minimum Gasteiger partial charge on any atom is -0.456 e. The fourth-order valence-electron chi connectivity index (χ4n) is 2.71. The Morgan fingerprint density at radius 2 is 1.87 bits per heavy atom. The third-order valence-corrected chi connectivity index (χ3v) is 6.35. The number of benzene rings is 2. The summed E-state index contributed by atoms with van der Waals surface area (Å²) in [4.78, 5) is 30.5. The summed E-state index contributed by atoms with van der Waals surface area (Å²) in [5.41, 5.74) is 0.753. The van der Waals surface area contributed by atoms with Crippen LogP contribution in [0.25, 0.3) is 0 Å². The monoisotopic (exact) mass is 446 g/mol. The molecule has 0 saturated carbocycles. The molecule has 3 rings (SSSR count). The molecule has 1 amide bonds. The molecule has 0 aliphatic carbocycles. The Bertz CT molecular complexity index is 1100. The van der Waals surface area contributed by atoms with Crippen molar-refractivity contribution in [2.45, 2.75) is 25.3 Å². The zero-order chi connectivity index (χ0) is 21.7. The topological polar surface area (TPSA) is 76.6 Å². The van der Waals surface area contributed by atoms with Crippen molar-refractivity contribution in [1.29, 1.82) is 0 Å². The van der Waals surface area contributed by atoms with E-state index in [2.05, 4.69) is 4.98 Å². The smallest absolute Gasteiger partial charge is 0.339 e. The molecule has 0 spiro atoms. The van der Waals surface area contributed by atoms with Gasteiger partial charge in [0.1, 0.15) is 12.4 Å². The molecule has 3 aromatic rings. The van der Waals surface area contributed by atoms with Gasteiger partial charge in [0.2, 0.25) is 5.91 Å². The van der Waals surface area contributed by atoms with Crippen LogP contribution in [0.2, 0.25) is 0 Å². The van der Waals surface area contributed by atoms with E-state index >= 15 is 0 Å². The zero-order valence-electron chi connectivity index (χ0n) is 16.3. The lowest BCUT2D eigenvalue weighted by atomic mass is 10.2. The minimum atomic E-state index is -1.30. The summed E-state index contributed by atoms with van der Waals surface area (Å²) in [6.45, 7) is 2.95. The molecule has 156 valence electrons. The average molecular weight is 447 g/mol. The summed E-state index contributed by atoms with van der Waals surface area (Å²) in [7, 11) is -1.30. The van der Waals surface area contributed by atoms with Crippen molar-refractivity contribution in [3.8, 4) is 0 Å². The first-order valence-electron chi connectivity index (χ1n) is 9.06. The highest BCUT2D eigenvalue weighted by Gasteiger charge is 2.22. The maximum absolute atomic E-state index is 14.2. The van der Waals surface area contributed by atoms with Crippen molar-refractivity contribution in [3.63, 3.8) is 0 Å². The Morgan fingerprint density at radius 1 is 1.17 bits per heavy atom. The Hall–Kier alpha value is -2.91. The normalized spacial score (nSPS) is 11.7. The van der Waals surface area contributed by atoms with Crippen molar-refractivity contribution in [3.05, 3.63) is 71.0 Å². The standard InChI is InChI=1S/C21H19FN2O4S2/c1-3-30(27)19-11-7-4-8-16(19)20(26)28-12-15-13-29-21(23-15)24(14(2)25)18-10-6-5-9-17(18)22/h4-11,13H,3,12H2,1-2H3. The molecule has 1 unspecified atom stereocenters. The van der Waals surface area contributed by atoms with Gasteiger partial charge in [-0.2, -0.15) is 0 Å². The van der Waals surface area contributed by atoms with E-state index < -0.39 is 28.5 Å². The molecule has 0 aliphatic heterocycles. The van der Waals surface area contributed by atoms with Crippen molar-refractivity contribution in [1.82, 2.24) is 4.98 Å². The molecule has 0 fully saturated rings. The number of nitrogens with zero attached hydrogens (tertiary/aromatic N) is 2. The molecule has 0 bridgehead atoms. The van der Waals surface area contributed by atoms with Crippen molar-refractivity contribution < 1.29 is 22.9 Å². The summed E-state index contributed by atoms with van der Waals surface area (Å²) < 4.78 is 31.6. The number of ether oxygens (including phenoxy) is 1. The van der Waals surface area contributed by atoms with Crippen LogP contribution in [0.3, 0.4) is 0 Å². The molecular weight excluding hydrogens is 427 g/mol. The van der Waals surface area contributed by atoms with E-state index in [0.717, 1.165) is 11.3 Å². The number of aromatic nitrogens is 1. The van der Waals surface area contributed by atoms with Gasteiger partial charge >= 0.3 is 5.97 Å². The lowest BCUT2D eigenvalue weighted by Crippen LogP contribution is -2.23. The van der Waals surface area contributed by atoms with Crippen LogP contribution in [0, 0.1) is 5.82 Å². The number of hydrogen-bond acceptors (Lipinski definition) is 6. The number of para-hydroxylation sites is 1. The van der Waals surface area contributed by atoms with E-state index in [1.165, 1.54) is 30.0 Å². The van der Waals surface area contributed by atoms with Gasteiger partial charge in [-0.15, -0.1) is 11.3 Å². The van der Waals surface area contributed by atoms with Gasteiger partial charge in [-0.25, -0.2) is 14.2 Å². The van der Waals surface area contributed by atoms with Crippen LogP contribution in [-0.2, 0) is 26.9 Å². The van der Waals surface area contributed by atoms with E-state index in [1.807, 2.05) is 0 Å². The molecule has 0 aliphatic rings. The highest BCUT2D eigenvalue weighted by Crippen LogP contribution is 2.31. The second-order valence-electron chi connectivity index (χ2n) is 6.13. The Balaban J connectivity index is 1.76. The largest absolute Gasteiger partial charge is 0.456 e. The van der Waals surface area contributed by atoms with Crippen LogP contribution in [0.5, 0.6) is 0 Å². The van der Waals surface area contributed by atoms with Crippen LogP contribution in [0.15, 0.2) is 58.8 Å². The summed E-state index contributed by atoms with van der Waals surface area (Å²) >= 11 is 1.14. The molecule has 1 heterocycles. The molecule has 1 atom stereocenters. The first kappa shape index (κ1) is 21.8. The van der Waals surface area contributed by atoms with Crippen LogP contribution >= 0.6 is 11.3 Å². The second-order valence-corrected chi connectivity index (χ2v) is 8.68. The Morgan fingerprint density at radius 3 is 2.57 bits per heavy atom. The van der Waals surface area contributed by atoms with E-state index in [0.29, 0.717) is 16.3 Å². The van der Waals surface area contributed by atoms with Gasteiger partial charge in [-0.05, 0) is 24.3 Å². The van der Waals surface area contributed by atoms with E-state index in [1.54, 1.807) is 42.6 Å². The molecule has 0 saturated heterocycles. The minimum absolute atomic E-state index is 0.0962. The SMILES string of the molecule is CCS(=O)c1ccccc1C(=O)OCc1csc(N(C(C)=O)c2ccccc2F)n1. The highest BCUT2D eigenvalue weighted by molar-refractivity contribution is 7.85. The number of hydrogen-bond donors (Lipinski definition) is 0. The molecule has 2 aromatic carbocycles. The lowest BCUT2D eigenvalue weighted by Gasteiger charge is -2.18. The Kier molecular flexibility index (Phi) is 7.07. The van der Waals surface area contributed by atoms with Gasteiger partial charge in [0.05, 0.1) is 32.6 Å². The third-order valence-electron chi connectivity index (χ3n) is 4.10. The maximum atomic E-state index is 14.2. The summed E-state index contributed by atoms with van der Waals surface area (Å²) in [5, 5.41) is 1.90. The Labute approximate surface area is 179 Å². The summed E-state index contributed by atoms with van der Waals surface area (Å²) in [5.74, 6) is -1.17. The van der Waals surface area contributed by atoms with Gasteiger partial charge in [0, 0.05) is 18.1 Å². The van der Waals surface area contributed by atoms with Gasteiger partial charge in [0.25, 0.3) is 0 Å². The van der Waals surface area contributed by atoms with Gasteiger partial charge < -0.3 is 4.74 Å². The number of halogens is 1. The van der Waals surface area contributed by atoms with Crippen LogP contribution in [0.1, 0.15) is 29.9 Å². The van der Waals surface area contributed by atoms with E-state index in [4.69, 9.17) is 4.74 Å². The third kappa shape index (κ3) is 4.80. The molecular formula is C21H19FN2O4S2. The van der Waals surface area contributed by atoms with Crippen molar-refractivity contribution in [2.24, 2.45) is 0 Å². The fraction of sp³-hybridized carbons (Fsp3) is 0.190. The van der Waals surface area contributed by atoms with Crippen molar-refractivity contribution >= 4 is 44.8 Å². The van der Waals surface area contributed by atoms with Crippen LogP contribution in [-0.4, -0.2) is 26.8 Å². The van der Waals surface area contributed by atoms with Crippen LogP contribution in [0.4, 0.5) is 15.2 Å². The van der Waals surface area contributed by atoms with Gasteiger partial charge in [0.15, 0.2) is 5.13 Å². The van der Waals surface area contributed by atoms with E-state index in [9.17, 15) is 18.2 Å². The fourth-order valence-corrected chi connectivity index (χ4v) is 4.51. The average Bonchev–Trinajstić information content (AvgIpc) is 3.21. The highest BCUT2D eigenvalue weighted by atomic mass is 32.2. The van der Waals surface area contributed by atoms with Gasteiger partial charge in [-0.1, -0.05) is 31.2 Å². The number of rotatable bonds is 7. The predicted molar refractivity (Wildman–Crippen MR) is 114 cm³/mol. The van der Waals surface area contributed by atoms with E-state index in [-0.39, 0.29) is 23.0 Å². The number of thiazole rings is 1. The molecule has 6 nitrogen and oxygen atoms in total. The number of anilines is 2. The molecule has 30 heavy (non-hydrogen) atoms. The maximum Gasteiger partial charge on any atom is 0.339 e. The predicted octanol–water partition coefficient (Wildman–Crippen LogP) is 4.45. The van der Waals surface area contributed by atoms with Gasteiger partial charge in [-0.3, -0.25) is 13.9 Å². The molecule has 0 N–H and O–H groups in total. The zero-order valence-corrected chi connectivity index (χ0v) is 18.0. The molecule has 9 heteroatoms. The summed E-state index contributed by atoms with van der Waals surface area (Å²) in [6.07, 6.45) is 0. The van der Waals surface area contributed by atoms with Crippen molar-refractivity contribution in [2.75, 3.05) is 10.7 Å². The molecule has 1 aromatic heterocycles. The van der Waals surface area contributed by atoms with Crippen LogP contribution < -0.4 is 4.90 Å². The lowest BCUT2D eigenvalue weighted by molar-refractivity contribution is -0.115. The number of esters is 1. The first-order valence-corrected chi connectivity index (χ1v) is 11.3. The number of carbonyl (C=O) groups excluding carboxylic acids is 2. The molecule has 0 radical (unpaired) electrons.